The lowest BCUT2D eigenvalue weighted by molar-refractivity contribution is -0.142. The molecule has 0 saturated carbocycles. The maximum Gasteiger partial charge on any atom is 0.320 e. The quantitative estimate of drug-likeness (QED) is 0.704. The zero-order chi connectivity index (χ0) is 18.8. The molecule has 0 spiro atoms. The SMILES string of the molecule is CC(C)c1ccc(C(c2ccc(Cl)c(Cl)c2)N2CCCC2C(=O)O)cc1. The van der Waals surface area contributed by atoms with Crippen LogP contribution < -0.4 is 0 Å². The summed E-state index contributed by atoms with van der Waals surface area (Å²) in [6.45, 7) is 5.06. The Morgan fingerprint density at radius 1 is 1.04 bits per heavy atom. The van der Waals surface area contributed by atoms with E-state index in [1.54, 1.807) is 6.07 Å². The summed E-state index contributed by atoms with van der Waals surface area (Å²) in [5.41, 5.74) is 3.30. The largest absolute Gasteiger partial charge is 0.480 e. The van der Waals surface area contributed by atoms with Gasteiger partial charge >= 0.3 is 5.97 Å². The molecule has 138 valence electrons. The summed E-state index contributed by atoms with van der Waals surface area (Å²) in [6, 6.07) is 13.4. The third-order valence-corrected chi connectivity index (χ3v) is 5.83. The molecule has 1 aliphatic heterocycles. The molecule has 3 rings (SSSR count). The van der Waals surface area contributed by atoms with Crippen LogP contribution >= 0.6 is 23.2 Å². The number of carboxylic acid groups (broad SMARTS) is 1. The van der Waals surface area contributed by atoms with Gasteiger partial charge in [0.25, 0.3) is 0 Å². The van der Waals surface area contributed by atoms with Gasteiger partial charge in [-0.15, -0.1) is 0 Å². The first-order valence-corrected chi connectivity index (χ1v) is 9.67. The van der Waals surface area contributed by atoms with Gasteiger partial charge in [0.05, 0.1) is 16.1 Å². The summed E-state index contributed by atoms with van der Waals surface area (Å²) < 4.78 is 0. The number of likely N-dealkylation sites (tertiary alicyclic amines) is 1. The minimum Gasteiger partial charge on any atom is -0.480 e. The molecule has 1 saturated heterocycles. The lowest BCUT2D eigenvalue weighted by Gasteiger charge is -2.32. The van der Waals surface area contributed by atoms with Crippen LogP contribution in [0.1, 0.15) is 55.3 Å². The number of carbonyl (C=O) groups is 1. The Morgan fingerprint density at radius 3 is 2.23 bits per heavy atom. The number of hydrogen-bond donors (Lipinski definition) is 1. The van der Waals surface area contributed by atoms with Crippen molar-refractivity contribution in [2.45, 2.75) is 44.7 Å². The van der Waals surface area contributed by atoms with Crippen molar-refractivity contribution in [1.29, 1.82) is 0 Å². The molecular weight excluding hydrogens is 369 g/mol. The molecule has 1 heterocycles. The average molecular weight is 392 g/mol. The summed E-state index contributed by atoms with van der Waals surface area (Å²) in [5, 5.41) is 10.6. The second-order valence-corrected chi connectivity index (χ2v) is 7.95. The smallest absolute Gasteiger partial charge is 0.320 e. The second kappa shape index (κ2) is 7.99. The van der Waals surface area contributed by atoms with Gasteiger partial charge < -0.3 is 5.11 Å². The molecule has 0 aromatic heterocycles. The van der Waals surface area contributed by atoms with Gasteiger partial charge in [0, 0.05) is 6.54 Å². The van der Waals surface area contributed by atoms with Crippen molar-refractivity contribution in [2.24, 2.45) is 0 Å². The number of aliphatic carboxylic acids is 1. The second-order valence-electron chi connectivity index (χ2n) is 7.13. The number of halogens is 2. The van der Waals surface area contributed by atoms with Gasteiger partial charge in [-0.3, -0.25) is 9.69 Å². The van der Waals surface area contributed by atoms with E-state index in [-0.39, 0.29) is 6.04 Å². The van der Waals surface area contributed by atoms with E-state index in [1.807, 2.05) is 12.1 Å². The van der Waals surface area contributed by atoms with Crippen molar-refractivity contribution in [2.75, 3.05) is 6.54 Å². The predicted octanol–water partition coefficient (Wildman–Crippen LogP) is 5.76. The van der Waals surface area contributed by atoms with E-state index in [0.717, 1.165) is 24.1 Å². The maximum absolute atomic E-state index is 11.8. The van der Waals surface area contributed by atoms with Gasteiger partial charge in [0.1, 0.15) is 6.04 Å². The van der Waals surface area contributed by atoms with Crippen LogP contribution in [0.15, 0.2) is 42.5 Å². The molecule has 1 N–H and O–H groups in total. The van der Waals surface area contributed by atoms with E-state index >= 15 is 0 Å². The highest BCUT2D eigenvalue weighted by Crippen LogP contribution is 2.37. The number of benzene rings is 2. The molecule has 2 aromatic rings. The zero-order valence-electron chi connectivity index (χ0n) is 15.0. The summed E-state index contributed by atoms with van der Waals surface area (Å²) >= 11 is 12.3. The number of nitrogens with zero attached hydrogens (tertiary/aromatic N) is 1. The Labute approximate surface area is 164 Å². The van der Waals surface area contributed by atoms with E-state index in [0.29, 0.717) is 22.4 Å². The minimum absolute atomic E-state index is 0.158. The van der Waals surface area contributed by atoms with Crippen LogP contribution in [0.3, 0.4) is 0 Å². The fourth-order valence-electron chi connectivity index (χ4n) is 3.68. The van der Waals surface area contributed by atoms with E-state index in [2.05, 4.69) is 43.0 Å². The van der Waals surface area contributed by atoms with Gasteiger partial charge in [-0.05, 0) is 47.6 Å². The topological polar surface area (TPSA) is 40.5 Å². The summed E-state index contributed by atoms with van der Waals surface area (Å²) in [6.07, 6.45) is 1.54. The van der Waals surface area contributed by atoms with E-state index in [4.69, 9.17) is 23.2 Å². The van der Waals surface area contributed by atoms with E-state index < -0.39 is 12.0 Å². The molecule has 1 fully saturated rings. The van der Waals surface area contributed by atoms with Crippen LogP contribution in [0.25, 0.3) is 0 Å². The third kappa shape index (κ3) is 3.90. The Balaban J connectivity index is 2.06. The molecule has 0 amide bonds. The zero-order valence-corrected chi connectivity index (χ0v) is 16.5. The van der Waals surface area contributed by atoms with Gasteiger partial charge in [-0.25, -0.2) is 0 Å². The van der Waals surface area contributed by atoms with Crippen molar-refractivity contribution in [3.63, 3.8) is 0 Å². The molecule has 0 bridgehead atoms. The molecule has 0 aliphatic carbocycles. The van der Waals surface area contributed by atoms with Crippen molar-refractivity contribution in [3.05, 3.63) is 69.2 Å². The van der Waals surface area contributed by atoms with Crippen molar-refractivity contribution < 1.29 is 9.90 Å². The monoisotopic (exact) mass is 391 g/mol. The van der Waals surface area contributed by atoms with Crippen LogP contribution in [0.4, 0.5) is 0 Å². The molecular formula is C21H23Cl2NO2. The Kier molecular flexibility index (Phi) is 5.91. The number of hydrogen-bond acceptors (Lipinski definition) is 2. The average Bonchev–Trinajstić information content (AvgIpc) is 3.08. The third-order valence-electron chi connectivity index (χ3n) is 5.09. The summed E-state index contributed by atoms with van der Waals surface area (Å²) in [5.74, 6) is -0.322. The molecule has 3 nitrogen and oxygen atoms in total. The first-order chi connectivity index (χ1) is 12.4. The van der Waals surface area contributed by atoms with E-state index in [9.17, 15) is 9.90 Å². The van der Waals surface area contributed by atoms with E-state index in [1.165, 1.54) is 5.56 Å². The van der Waals surface area contributed by atoms with Gasteiger partial charge in [-0.2, -0.15) is 0 Å². The maximum atomic E-state index is 11.8. The Morgan fingerprint density at radius 2 is 1.65 bits per heavy atom. The van der Waals surface area contributed by atoms with Gasteiger partial charge in [0.15, 0.2) is 0 Å². The van der Waals surface area contributed by atoms with Crippen molar-refractivity contribution in [1.82, 2.24) is 4.90 Å². The lowest BCUT2D eigenvalue weighted by atomic mass is 9.93. The first kappa shape index (κ1) is 19.2. The van der Waals surface area contributed by atoms with Crippen molar-refractivity contribution >= 4 is 29.2 Å². The first-order valence-electron chi connectivity index (χ1n) is 8.92. The highest BCUT2D eigenvalue weighted by molar-refractivity contribution is 6.42. The lowest BCUT2D eigenvalue weighted by Crippen LogP contribution is -2.39. The van der Waals surface area contributed by atoms with Gasteiger partial charge in [-0.1, -0.05) is 67.4 Å². The highest BCUT2D eigenvalue weighted by atomic mass is 35.5. The fourth-order valence-corrected chi connectivity index (χ4v) is 3.99. The van der Waals surface area contributed by atoms with Gasteiger partial charge in [0.2, 0.25) is 0 Å². The molecule has 2 unspecified atom stereocenters. The van der Waals surface area contributed by atoms with Crippen molar-refractivity contribution in [3.8, 4) is 0 Å². The number of rotatable bonds is 5. The van der Waals surface area contributed by atoms with Crippen LogP contribution in [0.5, 0.6) is 0 Å². The Hall–Kier alpha value is -1.55. The van der Waals surface area contributed by atoms with Crippen LogP contribution in [-0.4, -0.2) is 28.6 Å². The van der Waals surface area contributed by atoms with Crippen LogP contribution in [0, 0.1) is 0 Å². The molecule has 5 heteroatoms. The molecule has 0 radical (unpaired) electrons. The summed E-state index contributed by atoms with van der Waals surface area (Å²) in [4.78, 5) is 13.8. The Bertz CT molecular complexity index is 789. The fraction of sp³-hybridized carbons (Fsp3) is 0.381. The van der Waals surface area contributed by atoms with Crippen LogP contribution in [-0.2, 0) is 4.79 Å². The summed E-state index contributed by atoms with van der Waals surface area (Å²) in [7, 11) is 0. The molecule has 2 atom stereocenters. The molecule has 2 aromatic carbocycles. The van der Waals surface area contributed by atoms with Crippen LogP contribution in [0.2, 0.25) is 10.0 Å². The molecule has 26 heavy (non-hydrogen) atoms. The standard InChI is InChI=1S/C21H23Cl2NO2/c1-13(2)14-5-7-15(8-6-14)20(16-9-10-17(22)18(23)12-16)24-11-3-4-19(24)21(25)26/h5-10,12-13,19-20H,3-4,11H2,1-2H3,(H,25,26). The minimum atomic E-state index is -0.772. The number of carboxylic acids is 1. The molecule has 1 aliphatic rings. The predicted molar refractivity (Wildman–Crippen MR) is 106 cm³/mol. The normalized spacial score (nSPS) is 19.0. The highest BCUT2D eigenvalue weighted by Gasteiger charge is 2.37.